The molecular formula is C15H22N6O4. The van der Waals surface area contributed by atoms with Crippen LogP contribution >= 0.6 is 0 Å². The molecule has 0 saturated carbocycles. The number of ether oxygens (including phenoxy) is 1. The van der Waals surface area contributed by atoms with Crippen LogP contribution in [0.3, 0.4) is 0 Å². The molecule has 0 bridgehead atoms. The van der Waals surface area contributed by atoms with Gasteiger partial charge in [-0.3, -0.25) is 24.0 Å². The zero-order chi connectivity index (χ0) is 18.3. The molecule has 0 aliphatic carbocycles. The van der Waals surface area contributed by atoms with Gasteiger partial charge in [0.25, 0.3) is 5.56 Å². The topological polar surface area (TPSA) is 128 Å². The van der Waals surface area contributed by atoms with E-state index in [9.17, 15) is 14.4 Å². The van der Waals surface area contributed by atoms with E-state index in [0.717, 1.165) is 0 Å². The van der Waals surface area contributed by atoms with E-state index in [0.29, 0.717) is 25.5 Å². The van der Waals surface area contributed by atoms with Gasteiger partial charge >= 0.3 is 5.69 Å². The molecule has 1 saturated heterocycles. The lowest BCUT2D eigenvalue weighted by atomic mass is 10.2. The number of primary amides is 1. The second-order valence-corrected chi connectivity index (χ2v) is 6.52. The summed E-state index contributed by atoms with van der Waals surface area (Å²) in [5, 5.41) is 0. The second kappa shape index (κ2) is 6.45. The third-order valence-electron chi connectivity index (χ3n) is 4.26. The average molecular weight is 350 g/mol. The van der Waals surface area contributed by atoms with Gasteiger partial charge in [0.05, 0.1) is 18.8 Å². The zero-order valence-electron chi connectivity index (χ0n) is 14.5. The van der Waals surface area contributed by atoms with E-state index in [1.165, 1.54) is 16.2 Å². The Kier molecular flexibility index (Phi) is 4.48. The summed E-state index contributed by atoms with van der Waals surface area (Å²) in [6.07, 6.45) is 0.149. The molecule has 0 spiro atoms. The van der Waals surface area contributed by atoms with Gasteiger partial charge in [0, 0.05) is 20.1 Å². The van der Waals surface area contributed by atoms with Crippen molar-refractivity contribution in [3.8, 4) is 0 Å². The minimum absolute atomic E-state index is 0.0745. The van der Waals surface area contributed by atoms with E-state index in [2.05, 4.69) is 14.9 Å². The quantitative estimate of drug-likeness (QED) is 0.692. The highest BCUT2D eigenvalue weighted by molar-refractivity contribution is 5.78. The third-order valence-corrected chi connectivity index (χ3v) is 4.26. The largest absolute Gasteiger partial charge is 0.373 e. The number of hydrogen-bond acceptors (Lipinski definition) is 6. The van der Waals surface area contributed by atoms with Crippen LogP contribution in [0, 0.1) is 0 Å². The maximum absolute atomic E-state index is 12.2. The SMILES string of the molecule is C[C@@H]1CN(Cc2nc3c(c(=O)[nH]c(=O)n3C)n2CC(N)=O)C[C@@H](C)O1. The molecule has 10 nitrogen and oxygen atoms in total. The van der Waals surface area contributed by atoms with Crippen LogP contribution in [0.1, 0.15) is 19.7 Å². The number of morpholine rings is 1. The first-order chi connectivity index (χ1) is 11.8. The standard InChI is InChI=1S/C15H22N6O4/c1-8-4-20(5-9(2)25-8)7-11-17-13-12(21(11)6-10(16)22)14(23)18-15(24)19(13)3/h8-9H,4-7H2,1-3H3,(H2,16,22)(H,18,23,24)/t8-,9-/m1/s1. The van der Waals surface area contributed by atoms with E-state index < -0.39 is 17.2 Å². The number of H-pyrrole nitrogens is 1. The molecule has 1 fully saturated rings. The van der Waals surface area contributed by atoms with Crippen LogP contribution in [0.15, 0.2) is 9.59 Å². The number of fused-ring (bicyclic) bond motifs is 1. The summed E-state index contributed by atoms with van der Waals surface area (Å²) >= 11 is 0. The van der Waals surface area contributed by atoms with Crippen molar-refractivity contribution in [3.63, 3.8) is 0 Å². The number of aromatic nitrogens is 4. The maximum Gasteiger partial charge on any atom is 0.329 e. The van der Waals surface area contributed by atoms with Gasteiger partial charge < -0.3 is 15.0 Å². The smallest absolute Gasteiger partial charge is 0.329 e. The predicted octanol–water partition coefficient (Wildman–Crippen LogP) is -1.48. The molecule has 1 aliphatic rings. The Bertz CT molecular complexity index is 916. The lowest BCUT2D eigenvalue weighted by Crippen LogP contribution is -2.45. The highest BCUT2D eigenvalue weighted by Gasteiger charge is 2.25. The number of aryl methyl sites for hydroxylation is 1. The van der Waals surface area contributed by atoms with E-state index in [4.69, 9.17) is 10.5 Å². The molecule has 136 valence electrons. The Morgan fingerprint density at radius 2 is 1.96 bits per heavy atom. The molecule has 25 heavy (non-hydrogen) atoms. The van der Waals surface area contributed by atoms with Crippen LogP contribution in [-0.2, 0) is 29.7 Å². The molecule has 0 unspecified atom stereocenters. The Balaban J connectivity index is 2.09. The van der Waals surface area contributed by atoms with Crippen molar-refractivity contribution in [1.29, 1.82) is 0 Å². The number of nitrogens with zero attached hydrogens (tertiary/aromatic N) is 4. The molecule has 2 aromatic heterocycles. The number of rotatable bonds is 4. The number of amides is 1. The van der Waals surface area contributed by atoms with Crippen LogP contribution in [0.25, 0.3) is 11.2 Å². The Morgan fingerprint density at radius 1 is 1.32 bits per heavy atom. The minimum Gasteiger partial charge on any atom is -0.373 e. The summed E-state index contributed by atoms with van der Waals surface area (Å²) in [4.78, 5) is 44.4. The van der Waals surface area contributed by atoms with Crippen LogP contribution in [-0.4, -0.2) is 55.2 Å². The first-order valence-corrected chi connectivity index (χ1v) is 8.10. The van der Waals surface area contributed by atoms with E-state index >= 15 is 0 Å². The summed E-state index contributed by atoms with van der Waals surface area (Å²) in [6.45, 7) is 5.64. The van der Waals surface area contributed by atoms with Crippen molar-refractivity contribution in [2.24, 2.45) is 12.8 Å². The number of imidazole rings is 1. The number of carbonyl (C=O) groups excluding carboxylic acids is 1. The number of nitrogens with one attached hydrogen (secondary N) is 1. The van der Waals surface area contributed by atoms with Gasteiger partial charge in [0.1, 0.15) is 12.4 Å². The van der Waals surface area contributed by atoms with Crippen LogP contribution in [0.5, 0.6) is 0 Å². The monoisotopic (exact) mass is 350 g/mol. The molecule has 10 heteroatoms. The highest BCUT2D eigenvalue weighted by atomic mass is 16.5. The fourth-order valence-electron chi connectivity index (χ4n) is 3.34. The third kappa shape index (κ3) is 3.35. The molecule has 0 radical (unpaired) electrons. The molecule has 3 N–H and O–H groups in total. The lowest BCUT2D eigenvalue weighted by molar-refractivity contribution is -0.118. The van der Waals surface area contributed by atoms with Crippen LogP contribution in [0.2, 0.25) is 0 Å². The fourth-order valence-corrected chi connectivity index (χ4v) is 3.34. The van der Waals surface area contributed by atoms with Crippen molar-refractivity contribution in [2.45, 2.75) is 39.1 Å². The zero-order valence-corrected chi connectivity index (χ0v) is 14.5. The molecule has 0 aromatic carbocycles. The van der Waals surface area contributed by atoms with Gasteiger partial charge in [0.2, 0.25) is 5.91 Å². The molecule has 2 atom stereocenters. The fraction of sp³-hybridized carbons (Fsp3) is 0.600. The number of aromatic amines is 1. The Morgan fingerprint density at radius 3 is 2.56 bits per heavy atom. The second-order valence-electron chi connectivity index (χ2n) is 6.52. The molecule has 1 amide bonds. The first-order valence-electron chi connectivity index (χ1n) is 8.10. The van der Waals surface area contributed by atoms with Gasteiger partial charge in [-0.1, -0.05) is 0 Å². The summed E-state index contributed by atoms with van der Waals surface area (Å²) in [7, 11) is 1.52. The molecule has 3 rings (SSSR count). The normalized spacial score (nSPS) is 21.7. The maximum atomic E-state index is 12.2. The number of carbonyl (C=O) groups is 1. The van der Waals surface area contributed by atoms with Crippen molar-refractivity contribution in [1.82, 2.24) is 24.0 Å². The average Bonchev–Trinajstić information content (AvgIpc) is 2.82. The molecule has 1 aliphatic heterocycles. The van der Waals surface area contributed by atoms with Crippen LogP contribution < -0.4 is 17.0 Å². The predicted molar refractivity (Wildman–Crippen MR) is 90.1 cm³/mol. The van der Waals surface area contributed by atoms with E-state index in [-0.39, 0.29) is 29.9 Å². The summed E-state index contributed by atoms with van der Waals surface area (Å²) in [5.41, 5.74) is 4.61. The highest BCUT2D eigenvalue weighted by Crippen LogP contribution is 2.16. The molecular weight excluding hydrogens is 328 g/mol. The minimum atomic E-state index is -0.586. The Labute approximate surface area is 143 Å². The number of hydrogen-bond donors (Lipinski definition) is 2. The van der Waals surface area contributed by atoms with Gasteiger partial charge in [-0.05, 0) is 13.8 Å². The first kappa shape index (κ1) is 17.4. The van der Waals surface area contributed by atoms with Crippen molar-refractivity contribution >= 4 is 17.1 Å². The summed E-state index contributed by atoms with van der Waals surface area (Å²) in [6, 6.07) is 0. The van der Waals surface area contributed by atoms with Crippen molar-refractivity contribution < 1.29 is 9.53 Å². The molecule has 3 heterocycles. The lowest BCUT2D eigenvalue weighted by Gasteiger charge is -2.35. The summed E-state index contributed by atoms with van der Waals surface area (Å²) in [5.74, 6) is -0.0701. The van der Waals surface area contributed by atoms with Crippen LogP contribution in [0.4, 0.5) is 0 Å². The Hall–Kier alpha value is -2.46. The van der Waals surface area contributed by atoms with E-state index in [1.807, 2.05) is 13.8 Å². The van der Waals surface area contributed by atoms with Crippen molar-refractivity contribution in [2.75, 3.05) is 13.1 Å². The van der Waals surface area contributed by atoms with Gasteiger partial charge in [-0.25, -0.2) is 9.78 Å². The van der Waals surface area contributed by atoms with Gasteiger partial charge in [0.15, 0.2) is 11.2 Å². The van der Waals surface area contributed by atoms with Gasteiger partial charge in [-0.2, -0.15) is 0 Å². The van der Waals surface area contributed by atoms with Crippen molar-refractivity contribution in [3.05, 3.63) is 26.7 Å². The van der Waals surface area contributed by atoms with E-state index in [1.54, 1.807) is 0 Å². The molecule has 2 aromatic rings. The van der Waals surface area contributed by atoms with Gasteiger partial charge in [-0.15, -0.1) is 0 Å². The summed E-state index contributed by atoms with van der Waals surface area (Å²) < 4.78 is 8.46. The number of nitrogens with two attached hydrogens (primary N) is 1.